The summed E-state index contributed by atoms with van der Waals surface area (Å²) in [5, 5.41) is 0.155. The van der Waals surface area contributed by atoms with Crippen LogP contribution < -0.4 is 10.5 Å². The molecule has 0 aliphatic rings. The second kappa shape index (κ2) is 6.51. The average molecular weight is 303 g/mol. The first-order valence-electron chi connectivity index (χ1n) is 4.54. The van der Waals surface area contributed by atoms with Gasteiger partial charge in [0.2, 0.25) is 10.0 Å². The third-order valence-corrected chi connectivity index (χ3v) is 3.73. The molecular formula is C9H13Cl2FN2O2S. The number of benzene rings is 1. The van der Waals surface area contributed by atoms with E-state index < -0.39 is 26.8 Å². The number of halogens is 3. The number of nitrogens with one attached hydrogen (secondary N) is 1. The summed E-state index contributed by atoms with van der Waals surface area (Å²) in [4.78, 5) is -0.472. The van der Waals surface area contributed by atoms with Crippen molar-refractivity contribution in [2.75, 3.05) is 6.54 Å². The lowest BCUT2D eigenvalue weighted by molar-refractivity contribution is 0.544. The molecule has 3 N–H and O–H groups in total. The summed E-state index contributed by atoms with van der Waals surface area (Å²) >= 11 is 5.61. The summed E-state index contributed by atoms with van der Waals surface area (Å²) in [5.41, 5.74) is 5.28. The fourth-order valence-electron chi connectivity index (χ4n) is 1.06. The number of rotatable bonds is 4. The van der Waals surface area contributed by atoms with Crippen LogP contribution in [0.15, 0.2) is 23.1 Å². The topological polar surface area (TPSA) is 72.2 Å². The minimum absolute atomic E-state index is 0. The fourth-order valence-corrected chi connectivity index (χ4v) is 2.66. The first-order chi connectivity index (χ1) is 7.36. The molecule has 0 aliphatic carbocycles. The molecule has 17 heavy (non-hydrogen) atoms. The van der Waals surface area contributed by atoms with Crippen molar-refractivity contribution in [3.63, 3.8) is 0 Å². The molecule has 0 bridgehead atoms. The lowest BCUT2D eigenvalue weighted by Crippen LogP contribution is -2.38. The quantitative estimate of drug-likeness (QED) is 0.886. The third kappa shape index (κ3) is 4.40. The Hall–Kier alpha value is -0.400. The molecule has 0 saturated heterocycles. The Morgan fingerprint density at radius 2 is 2.12 bits per heavy atom. The van der Waals surface area contributed by atoms with Gasteiger partial charge in [0.1, 0.15) is 10.7 Å². The van der Waals surface area contributed by atoms with Gasteiger partial charge in [-0.05, 0) is 25.1 Å². The Kier molecular flexibility index (Phi) is 6.36. The highest BCUT2D eigenvalue weighted by molar-refractivity contribution is 7.89. The molecule has 0 heterocycles. The van der Waals surface area contributed by atoms with Crippen LogP contribution in [0.5, 0.6) is 0 Å². The van der Waals surface area contributed by atoms with E-state index >= 15 is 0 Å². The van der Waals surface area contributed by atoms with Crippen molar-refractivity contribution < 1.29 is 12.8 Å². The molecule has 8 heteroatoms. The Morgan fingerprint density at radius 3 is 2.65 bits per heavy atom. The molecule has 98 valence electrons. The summed E-state index contributed by atoms with van der Waals surface area (Å²) in [7, 11) is -3.91. The molecular weight excluding hydrogens is 290 g/mol. The van der Waals surface area contributed by atoms with Gasteiger partial charge in [-0.2, -0.15) is 0 Å². The van der Waals surface area contributed by atoms with Gasteiger partial charge < -0.3 is 5.73 Å². The van der Waals surface area contributed by atoms with E-state index in [9.17, 15) is 12.8 Å². The number of hydrogen-bond acceptors (Lipinski definition) is 3. The molecule has 0 radical (unpaired) electrons. The molecule has 0 fully saturated rings. The second-order valence-electron chi connectivity index (χ2n) is 3.33. The molecule has 4 nitrogen and oxygen atoms in total. The number of hydrogen-bond donors (Lipinski definition) is 2. The Balaban J connectivity index is 0.00000256. The van der Waals surface area contributed by atoms with Crippen LogP contribution in [-0.4, -0.2) is 21.0 Å². The van der Waals surface area contributed by atoms with Crippen LogP contribution in [-0.2, 0) is 10.0 Å². The van der Waals surface area contributed by atoms with Crippen molar-refractivity contribution in [3.8, 4) is 0 Å². The lowest BCUT2D eigenvalue weighted by atomic mass is 10.3. The summed E-state index contributed by atoms with van der Waals surface area (Å²) < 4.78 is 39.0. The summed E-state index contributed by atoms with van der Waals surface area (Å²) in [6.45, 7) is 1.71. The van der Waals surface area contributed by atoms with Gasteiger partial charge in [-0.3, -0.25) is 0 Å². The highest BCUT2D eigenvalue weighted by Gasteiger charge is 2.21. The fraction of sp³-hybridized carbons (Fsp3) is 0.333. The molecule has 0 saturated carbocycles. The normalized spacial score (nSPS) is 12.9. The average Bonchev–Trinajstić information content (AvgIpc) is 2.20. The van der Waals surface area contributed by atoms with Gasteiger partial charge >= 0.3 is 0 Å². The van der Waals surface area contributed by atoms with Gasteiger partial charge in [0.25, 0.3) is 0 Å². The van der Waals surface area contributed by atoms with Crippen LogP contribution in [0.4, 0.5) is 4.39 Å². The van der Waals surface area contributed by atoms with Crippen LogP contribution in [0.2, 0.25) is 5.02 Å². The minimum atomic E-state index is -3.91. The van der Waals surface area contributed by atoms with E-state index in [2.05, 4.69) is 4.72 Å². The van der Waals surface area contributed by atoms with Crippen LogP contribution in [0.3, 0.4) is 0 Å². The second-order valence-corrected chi connectivity index (χ2v) is 5.45. The van der Waals surface area contributed by atoms with Crippen LogP contribution in [0.25, 0.3) is 0 Å². The maximum atomic E-state index is 13.3. The van der Waals surface area contributed by atoms with Crippen molar-refractivity contribution in [2.24, 2.45) is 5.73 Å². The Bertz CT molecular complexity index is 482. The highest BCUT2D eigenvalue weighted by Crippen LogP contribution is 2.19. The Labute approximate surface area is 111 Å². The van der Waals surface area contributed by atoms with Crippen LogP contribution in [0.1, 0.15) is 6.92 Å². The molecule has 1 aromatic rings. The van der Waals surface area contributed by atoms with Gasteiger partial charge in [-0.25, -0.2) is 17.5 Å². The molecule has 0 spiro atoms. The monoisotopic (exact) mass is 302 g/mol. The van der Waals surface area contributed by atoms with Gasteiger partial charge in [-0.15, -0.1) is 12.4 Å². The molecule has 1 atom stereocenters. The van der Waals surface area contributed by atoms with Gasteiger partial charge in [0.15, 0.2) is 0 Å². The molecule has 1 rings (SSSR count). The lowest BCUT2D eigenvalue weighted by Gasteiger charge is -2.12. The third-order valence-electron chi connectivity index (χ3n) is 1.89. The van der Waals surface area contributed by atoms with E-state index in [4.69, 9.17) is 17.3 Å². The largest absolute Gasteiger partial charge is 0.329 e. The number of nitrogens with two attached hydrogens (primary N) is 1. The van der Waals surface area contributed by atoms with Crippen molar-refractivity contribution >= 4 is 34.0 Å². The zero-order chi connectivity index (χ0) is 12.3. The first-order valence-corrected chi connectivity index (χ1v) is 6.40. The van der Waals surface area contributed by atoms with Gasteiger partial charge in [-0.1, -0.05) is 11.6 Å². The van der Waals surface area contributed by atoms with E-state index in [0.29, 0.717) is 0 Å². The SMILES string of the molecule is C[C@H](CN)NS(=O)(=O)c1cc(Cl)ccc1F.Cl. The number of sulfonamides is 1. The zero-order valence-electron chi connectivity index (χ0n) is 8.98. The van der Waals surface area contributed by atoms with E-state index in [0.717, 1.165) is 12.1 Å². The predicted molar refractivity (Wildman–Crippen MR) is 67.5 cm³/mol. The summed E-state index contributed by atoms with van der Waals surface area (Å²) in [5.74, 6) is -0.846. The molecule has 1 aromatic carbocycles. The molecule has 0 amide bonds. The van der Waals surface area contributed by atoms with Crippen molar-refractivity contribution in [1.82, 2.24) is 4.72 Å². The van der Waals surface area contributed by atoms with E-state index in [1.165, 1.54) is 6.07 Å². The summed E-state index contributed by atoms with van der Waals surface area (Å²) in [6.07, 6.45) is 0. The zero-order valence-corrected chi connectivity index (χ0v) is 11.4. The van der Waals surface area contributed by atoms with E-state index in [-0.39, 0.29) is 24.0 Å². The standard InChI is InChI=1S/C9H12ClFN2O2S.ClH/c1-6(5-12)13-16(14,15)9-4-7(10)2-3-8(9)11;/h2-4,6,13H,5,12H2,1H3;1H/t6-;/m1./s1. The minimum Gasteiger partial charge on any atom is -0.329 e. The van der Waals surface area contributed by atoms with E-state index in [1.807, 2.05) is 0 Å². The maximum Gasteiger partial charge on any atom is 0.243 e. The van der Waals surface area contributed by atoms with Crippen molar-refractivity contribution in [2.45, 2.75) is 17.9 Å². The van der Waals surface area contributed by atoms with Crippen molar-refractivity contribution in [1.29, 1.82) is 0 Å². The highest BCUT2D eigenvalue weighted by atomic mass is 35.5. The smallest absolute Gasteiger partial charge is 0.243 e. The van der Waals surface area contributed by atoms with Crippen LogP contribution in [0, 0.1) is 5.82 Å². The Morgan fingerprint density at radius 1 is 1.53 bits per heavy atom. The summed E-state index contributed by atoms with van der Waals surface area (Å²) in [6, 6.07) is 2.87. The van der Waals surface area contributed by atoms with Crippen molar-refractivity contribution in [3.05, 3.63) is 29.0 Å². The van der Waals surface area contributed by atoms with E-state index in [1.54, 1.807) is 6.92 Å². The van der Waals surface area contributed by atoms with Crippen LogP contribution >= 0.6 is 24.0 Å². The first kappa shape index (κ1) is 16.6. The molecule has 0 aromatic heterocycles. The molecule has 0 aliphatic heterocycles. The van der Waals surface area contributed by atoms with Gasteiger partial charge in [0.05, 0.1) is 0 Å². The predicted octanol–water partition coefficient (Wildman–Crippen LogP) is 1.53. The molecule has 0 unspecified atom stereocenters. The van der Waals surface area contributed by atoms with Gasteiger partial charge in [0, 0.05) is 17.6 Å². The maximum absolute atomic E-state index is 13.3.